The second kappa shape index (κ2) is 6.85. The Kier molecular flexibility index (Phi) is 4.62. The van der Waals surface area contributed by atoms with Crippen LogP contribution in [-0.4, -0.2) is 22.1 Å². The van der Waals surface area contributed by atoms with E-state index in [0.717, 1.165) is 40.8 Å². The van der Waals surface area contributed by atoms with Crippen molar-refractivity contribution in [3.8, 4) is 11.4 Å². The van der Waals surface area contributed by atoms with Crippen LogP contribution in [0.25, 0.3) is 21.6 Å². The zero-order chi connectivity index (χ0) is 20.1. The van der Waals surface area contributed by atoms with Crippen LogP contribution in [0.4, 0.5) is 0 Å². The highest BCUT2D eigenvalue weighted by Gasteiger charge is 2.37. The van der Waals surface area contributed by atoms with Gasteiger partial charge in [-0.2, -0.15) is 0 Å². The first-order valence-corrected chi connectivity index (χ1v) is 10.5. The molecule has 0 N–H and O–H groups in total. The first-order valence-electron chi connectivity index (χ1n) is 9.66. The van der Waals surface area contributed by atoms with Gasteiger partial charge in [-0.1, -0.05) is 29.8 Å². The Morgan fingerprint density at radius 2 is 1.96 bits per heavy atom. The zero-order valence-electron chi connectivity index (χ0n) is 16.7. The van der Waals surface area contributed by atoms with Gasteiger partial charge in [0, 0.05) is 10.4 Å². The van der Waals surface area contributed by atoms with E-state index in [1.165, 1.54) is 9.44 Å². The number of aryl methyl sites for hydroxylation is 3. The van der Waals surface area contributed by atoms with Crippen LogP contribution in [-0.2, 0) is 27.9 Å². The maximum Gasteiger partial charge on any atom is 0.331 e. The molecule has 28 heavy (non-hydrogen) atoms. The molecular weight excluding hydrogens is 372 g/mol. The van der Waals surface area contributed by atoms with Crippen LogP contribution in [0.3, 0.4) is 0 Å². The SMILES string of the molecule is CCOC(=O)C(C)(C)n1c(-c2ccc(C)cc2)nc2sc3c(c2c1=O)CCC3. The van der Waals surface area contributed by atoms with Gasteiger partial charge in [-0.25, -0.2) is 9.78 Å². The Labute approximate surface area is 168 Å². The normalized spacial score (nSPS) is 13.7. The molecule has 0 saturated carbocycles. The van der Waals surface area contributed by atoms with E-state index >= 15 is 0 Å². The van der Waals surface area contributed by atoms with Gasteiger partial charge in [0.05, 0.1) is 12.0 Å². The molecule has 0 bridgehead atoms. The Morgan fingerprint density at radius 3 is 2.64 bits per heavy atom. The van der Waals surface area contributed by atoms with Gasteiger partial charge in [-0.3, -0.25) is 9.36 Å². The zero-order valence-corrected chi connectivity index (χ0v) is 17.5. The molecule has 1 aromatic carbocycles. The van der Waals surface area contributed by atoms with Crippen molar-refractivity contribution in [3.63, 3.8) is 0 Å². The highest BCUT2D eigenvalue weighted by atomic mass is 32.1. The molecule has 1 aliphatic carbocycles. The Bertz CT molecular complexity index is 1120. The van der Waals surface area contributed by atoms with Gasteiger partial charge in [-0.05, 0) is 52.5 Å². The monoisotopic (exact) mass is 396 g/mol. The molecule has 0 atom stereocenters. The summed E-state index contributed by atoms with van der Waals surface area (Å²) >= 11 is 1.61. The second-order valence-electron chi connectivity index (χ2n) is 7.76. The van der Waals surface area contributed by atoms with Crippen molar-refractivity contribution >= 4 is 27.5 Å². The number of thiophene rings is 1. The van der Waals surface area contributed by atoms with Crippen LogP contribution in [0.5, 0.6) is 0 Å². The van der Waals surface area contributed by atoms with E-state index < -0.39 is 11.5 Å². The van der Waals surface area contributed by atoms with Gasteiger partial charge in [0.15, 0.2) is 0 Å². The topological polar surface area (TPSA) is 61.2 Å². The number of benzene rings is 1. The van der Waals surface area contributed by atoms with Gasteiger partial charge >= 0.3 is 5.97 Å². The standard InChI is InChI=1S/C22H24N2O3S/c1-5-27-21(26)22(3,4)24-18(14-11-9-13(2)10-12-14)23-19-17(20(24)25)15-7-6-8-16(15)28-19/h9-12H,5-8H2,1-4H3. The summed E-state index contributed by atoms with van der Waals surface area (Å²) in [4.78, 5) is 33.3. The second-order valence-corrected chi connectivity index (χ2v) is 8.84. The Hall–Kier alpha value is -2.47. The fourth-order valence-electron chi connectivity index (χ4n) is 3.86. The minimum atomic E-state index is -1.16. The summed E-state index contributed by atoms with van der Waals surface area (Å²) in [7, 11) is 0. The molecular formula is C22H24N2O3S. The minimum Gasteiger partial charge on any atom is -0.464 e. The number of ether oxygens (including phenoxy) is 1. The molecule has 2 heterocycles. The van der Waals surface area contributed by atoms with Crippen LogP contribution in [0.2, 0.25) is 0 Å². The minimum absolute atomic E-state index is 0.155. The highest BCUT2D eigenvalue weighted by Crippen LogP contribution is 2.36. The number of hydrogen-bond acceptors (Lipinski definition) is 5. The van der Waals surface area contributed by atoms with E-state index in [0.29, 0.717) is 11.2 Å². The van der Waals surface area contributed by atoms with Gasteiger partial charge in [0.2, 0.25) is 0 Å². The van der Waals surface area contributed by atoms with Crippen molar-refractivity contribution in [2.24, 2.45) is 0 Å². The quantitative estimate of drug-likeness (QED) is 0.620. The molecule has 4 rings (SSSR count). The van der Waals surface area contributed by atoms with Crippen molar-refractivity contribution in [1.82, 2.24) is 9.55 Å². The third-order valence-electron chi connectivity index (χ3n) is 5.38. The summed E-state index contributed by atoms with van der Waals surface area (Å²) in [6.07, 6.45) is 2.96. The first-order chi connectivity index (χ1) is 13.3. The van der Waals surface area contributed by atoms with Crippen molar-refractivity contribution < 1.29 is 9.53 Å². The molecule has 0 aliphatic heterocycles. The fraction of sp³-hybridized carbons (Fsp3) is 0.409. The average molecular weight is 397 g/mol. The van der Waals surface area contributed by atoms with Crippen LogP contribution in [0, 0.1) is 6.92 Å². The maximum atomic E-state index is 13.7. The van der Waals surface area contributed by atoms with E-state index in [4.69, 9.17) is 9.72 Å². The van der Waals surface area contributed by atoms with Gasteiger partial charge in [0.1, 0.15) is 16.2 Å². The predicted octanol–water partition coefficient (Wildman–Crippen LogP) is 4.22. The lowest BCUT2D eigenvalue weighted by atomic mass is 10.0. The molecule has 0 saturated heterocycles. The largest absolute Gasteiger partial charge is 0.464 e. The number of carbonyl (C=O) groups excluding carboxylic acids is 1. The summed E-state index contributed by atoms with van der Waals surface area (Å²) in [6, 6.07) is 7.87. The van der Waals surface area contributed by atoms with Gasteiger partial charge in [0.25, 0.3) is 5.56 Å². The smallest absolute Gasteiger partial charge is 0.331 e. The maximum absolute atomic E-state index is 13.7. The molecule has 2 aromatic heterocycles. The number of nitrogens with zero attached hydrogens (tertiary/aromatic N) is 2. The van der Waals surface area contributed by atoms with Crippen LogP contribution in [0.1, 0.15) is 43.2 Å². The number of esters is 1. The van der Waals surface area contributed by atoms with Crippen molar-refractivity contribution in [3.05, 3.63) is 50.6 Å². The van der Waals surface area contributed by atoms with Crippen molar-refractivity contribution in [2.45, 2.75) is 52.5 Å². The summed E-state index contributed by atoms with van der Waals surface area (Å²) in [6.45, 7) is 7.50. The van der Waals surface area contributed by atoms with E-state index in [2.05, 4.69) is 0 Å². The predicted molar refractivity (Wildman–Crippen MR) is 112 cm³/mol. The van der Waals surface area contributed by atoms with Crippen molar-refractivity contribution in [2.75, 3.05) is 6.61 Å². The Balaban J connectivity index is 2.05. The van der Waals surface area contributed by atoms with E-state index in [1.807, 2.05) is 31.2 Å². The lowest BCUT2D eigenvalue weighted by Crippen LogP contribution is -2.45. The number of fused-ring (bicyclic) bond motifs is 3. The Morgan fingerprint density at radius 1 is 1.25 bits per heavy atom. The first kappa shape index (κ1) is 18.9. The molecule has 1 aliphatic rings. The van der Waals surface area contributed by atoms with Crippen LogP contribution in [0.15, 0.2) is 29.1 Å². The molecule has 146 valence electrons. The lowest BCUT2D eigenvalue weighted by molar-refractivity contribution is -0.152. The van der Waals surface area contributed by atoms with E-state index in [1.54, 1.807) is 32.1 Å². The molecule has 0 radical (unpaired) electrons. The third kappa shape index (κ3) is 2.87. The van der Waals surface area contributed by atoms with E-state index in [9.17, 15) is 9.59 Å². The van der Waals surface area contributed by atoms with Crippen molar-refractivity contribution in [1.29, 1.82) is 0 Å². The molecule has 0 unspecified atom stereocenters. The van der Waals surface area contributed by atoms with Gasteiger partial charge in [-0.15, -0.1) is 11.3 Å². The average Bonchev–Trinajstić information content (AvgIpc) is 3.22. The lowest BCUT2D eigenvalue weighted by Gasteiger charge is -2.27. The van der Waals surface area contributed by atoms with Crippen LogP contribution < -0.4 is 5.56 Å². The molecule has 3 aromatic rings. The number of hydrogen-bond donors (Lipinski definition) is 0. The fourth-order valence-corrected chi connectivity index (χ4v) is 5.11. The third-order valence-corrected chi connectivity index (χ3v) is 6.57. The number of aromatic nitrogens is 2. The molecule has 0 amide bonds. The van der Waals surface area contributed by atoms with E-state index in [-0.39, 0.29) is 12.2 Å². The number of rotatable bonds is 4. The van der Waals surface area contributed by atoms with Gasteiger partial charge < -0.3 is 4.74 Å². The molecule has 5 nitrogen and oxygen atoms in total. The highest BCUT2D eigenvalue weighted by molar-refractivity contribution is 7.18. The molecule has 6 heteroatoms. The summed E-state index contributed by atoms with van der Waals surface area (Å²) in [5.41, 5.74) is 1.73. The van der Waals surface area contributed by atoms with Crippen LogP contribution >= 0.6 is 11.3 Å². The molecule has 0 fully saturated rings. The summed E-state index contributed by atoms with van der Waals surface area (Å²) in [5.74, 6) is 0.0777. The number of carbonyl (C=O) groups is 1. The molecule has 0 spiro atoms. The summed E-state index contributed by atoms with van der Waals surface area (Å²) in [5, 5.41) is 0.672. The summed E-state index contributed by atoms with van der Waals surface area (Å²) < 4.78 is 6.82.